The molecule has 2 aromatic heterocycles. The van der Waals surface area contributed by atoms with Gasteiger partial charge in [-0.3, -0.25) is 0 Å². The normalized spacial score (nSPS) is 11.9. The number of anilines is 3. The number of furan rings is 1. The number of benzene rings is 10. The number of fused-ring (bicyclic) bond motifs is 11. The van der Waals surface area contributed by atoms with E-state index in [0.29, 0.717) is 0 Å². The predicted octanol–water partition coefficient (Wildman–Crippen LogP) is 15.3. The van der Waals surface area contributed by atoms with Crippen LogP contribution in [0.25, 0.3) is 92.9 Å². The molecule has 0 amide bonds. The lowest BCUT2D eigenvalue weighted by Gasteiger charge is -2.27. The molecule has 0 bridgehead atoms. The Bertz CT molecular complexity index is 3520. The first-order valence-corrected chi connectivity index (χ1v) is 19.5. The number of para-hydroxylation sites is 2. The van der Waals surface area contributed by atoms with Crippen LogP contribution >= 0.6 is 0 Å². The van der Waals surface area contributed by atoms with Gasteiger partial charge in [0.25, 0.3) is 0 Å². The molecule has 0 aliphatic carbocycles. The Labute approximate surface area is 328 Å². The Morgan fingerprint density at radius 3 is 1.82 bits per heavy atom. The molecule has 0 atom stereocenters. The van der Waals surface area contributed by atoms with Crippen molar-refractivity contribution >= 4 is 93.1 Å². The van der Waals surface area contributed by atoms with E-state index in [1.54, 1.807) is 0 Å². The number of rotatable bonds is 5. The number of aromatic nitrogens is 1. The maximum absolute atomic E-state index is 6.41. The van der Waals surface area contributed by atoms with Crippen LogP contribution in [0.2, 0.25) is 0 Å². The largest absolute Gasteiger partial charge is 0.456 e. The summed E-state index contributed by atoms with van der Waals surface area (Å²) >= 11 is 0. The van der Waals surface area contributed by atoms with Crippen LogP contribution in [0.1, 0.15) is 0 Å². The molecule has 0 fully saturated rings. The number of hydrogen-bond acceptors (Lipinski definition) is 2. The molecule has 10 aromatic carbocycles. The Kier molecular flexibility index (Phi) is 6.93. The van der Waals surface area contributed by atoms with E-state index in [2.05, 4.69) is 210 Å². The summed E-state index contributed by atoms with van der Waals surface area (Å²) in [7, 11) is 0. The molecular formula is C54H34N2O. The molecule has 12 aromatic rings. The van der Waals surface area contributed by atoms with Gasteiger partial charge >= 0.3 is 0 Å². The van der Waals surface area contributed by atoms with E-state index in [0.717, 1.165) is 50.3 Å². The third kappa shape index (κ3) is 4.92. The fourth-order valence-corrected chi connectivity index (χ4v) is 9.10. The number of nitrogens with zero attached hydrogens (tertiary/aromatic N) is 2. The summed E-state index contributed by atoms with van der Waals surface area (Å²) in [6.45, 7) is 0. The molecule has 3 heteroatoms. The topological polar surface area (TPSA) is 21.3 Å². The first kappa shape index (κ1) is 31.7. The molecule has 57 heavy (non-hydrogen) atoms. The predicted molar refractivity (Wildman–Crippen MR) is 241 cm³/mol. The molecule has 0 saturated heterocycles. The zero-order valence-electron chi connectivity index (χ0n) is 30.9. The van der Waals surface area contributed by atoms with E-state index in [1.807, 2.05) is 6.07 Å². The van der Waals surface area contributed by atoms with Gasteiger partial charge in [-0.15, -0.1) is 0 Å². The SMILES string of the molecule is c1ccc(-n2c3cc(-c4ccc(N(c5ccc6ccc7ccccc7c6c5)c5cccc6oc7ccccc7c56)cc4)ccc3c3ccc4ccccc4c32)cc1. The highest BCUT2D eigenvalue weighted by Gasteiger charge is 2.21. The van der Waals surface area contributed by atoms with Gasteiger partial charge in [0.1, 0.15) is 11.2 Å². The first-order chi connectivity index (χ1) is 28.3. The molecule has 0 aliphatic rings. The van der Waals surface area contributed by atoms with E-state index in [9.17, 15) is 0 Å². The Morgan fingerprint density at radius 2 is 0.982 bits per heavy atom. The molecule has 0 aliphatic heterocycles. The van der Waals surface area contributed by atoms with Gasteiger partial charge < -0.3 is 13.9 Å². The minimum absolute atomic E-state index is 0.872. The summed E-state index contributed by atoms with van der Waals surface area (Å²) < 4.78 is 8.85. The summed E-state index contributed by atoms with van der Waals surface area (Å²) in [5.41, 5.74) is 10.9. The van der Waals surface area contributed by atoms with E-state index < -0.39 is 0 Å². The monoisotopic (exact) mass is 726 g/mol. The van der Waals surface area contributed by atoms with Crippen LogP contribution < -0.4 is 4.90 Å². The van der Waals surface area contributed by atoms with Gasteiger partial charge in [0.15, 0.2) is 0 Å². The minimum Gasteiger partial charge on any atom is -0.456 e. The summed E-state index contributed by atoms with van der Waals surface area (Å²) in [6, 6.07) is 74.6. The fraction of sp³-hybridized carbons (Fsp3) is 0. The standard InChI is InChI=1S/C54H34N2O/c1-2-13-40(14-3-1)56-50-33-39(27-31-45(50)46-32-26-37-12-5-7-16-44(37)54(46)56)35-23-28-41(29-24-35)55(49-18-10-20-52-53(49)47-17-8-9-19-51(47)57-52)42-30-25-38-22-21-36-11-4-6-15-43(36)48(38)34-42/h1-34H. The van der Waals surface area contributed by atoms with Crippen molar-refractivity contribution < 1.29 is 4.42 Å². The van der Waals surface area contributed by atoms with Crippen LogP contribution in [0.15, 0.2) is 211 Å². The minimum atomic E-state index is 0.872. The molecule has 0 spiro atoms. The van der Waals surface area contributed by atoms with Crippen LogP contribution in [0.3, 0.4) is 0 Å². The maximum atomic E-state index is 6.41. The third-order valence-corrected chi connectivity index (χ3v) is 11.7. The molecule has 0 saturated carbocycles. The van der Waals surface area contributed by atoms with Gasteiger partial charge in [-0.05, 0) is 98.7 Å². The fourth-order valence-electron chi connectivity index (χ4n) is 9.10. The van der Waals surface area contributed by atoms with Crippen molar-refractivity contribution in [3.63, 3.8) is 0 Å². The lowest BCUT2D eigenvalue weighted by Crippen LogP contribution is -2.10. The third-order valence-electron chi connectivity index (χ3n) is 11.7. The lowest BCUT2D eigenvalue weighted by atomic mass is 10.00. The molecule has 0 radical (unpaired) electrons. The second kappa shape index (κ2) is 12.5. The maximum Gasteiger partial charge on any atom is 0.137 e. The van der Waals surface area contributed by atoms with Crippen molar-refractivity contribution in [2.24, 2.45) is 0 Å². The number of hydrogen-bond donors (Lipinski definition) is 0. The molecule has 266 valence electrons. The summed E-state index contributed by atoms with van der Waals surface area (Å²) in [5.74, 6) is 0. The Balaban J connectivity index is 1.05. The van der Waals surface area contributed by atoms with Gasteiger partial charge in [0, 0.05) is 38.6 Å². The lowest BCUT2D eigenvalue weighted by molar-refractivity contribution is 0.669. The molecule has 0 unspecified atom stereocenters. The summed E-state index contributed by atoms with van der Waals surface area (Å²) in [5, 5.41) is 12.1. The molecular weight excluding hydrogens is 693 g/mol. The van der Waals surface area contributed by atoms with Crippen LogP contribution in [-0.4, -0.2) is 4.57 Å². The van der Waals surface area contributed by atoms with Crippen molar-refractivity contribution in [2.45, 2.75) is 0 Å². The van der Waals surface area contributed by atoms with E-state index >= 15 is 0 Å². The van der Waals surface area contributed by atoms with Crippen molar-refractivity contribution in [3.05, 3.63) is 206 Å². The van der Waals surface area contributed by atoms with Gasteiger partial charge in [0.2, 0.25) is 0 Å². The zero-order valence-corrected chi connectivity index (χ0v) is 30.9. The van der Waals surface area contributed by atoms with E-state index in [-0.39, 0.29) is 0 Å². The van der Waals surface area contributed by atoms with Crippen LogP contribution in [0, 0.1) is 0 Å². The smallest absolute Gasteiger partial charge is 0.137 e. The highest BCUT2D eigenvalue weighted by Crippen LogP contribution is 2.45. The molecule has 12 rings (SSSR count). The highest BCUT2D eigenvalue weighted by molar-refractivity contribution is 6.19. The summed E-state index contributed by atoms with van der Waals surface area (Å²) in [6.07, 6.45) is 0. The second-order valence-corrected chi connectivity index (χ2v) is 14.9. The van der Waals surface area contributed by atoms with Crippen LogP contribution in [0.5, 0.6) is 0 Å². The van der Waals surface area contributed by atoms with Gasteiger partial charge in [0.05, 0.1) is 22.1 Å². The molecule has 3 nitrogen and oxygen atoms in total. The summed E-state index contributed by atoms with van der Waals surface area (Å²) in [4.78, 5) is 2.39. The zero-order chi connectivity index (χ0) is 37.5. The Hall–Kier alpha value is -7.62. The first-order valence-electron chi connectivity index (χ1n) is 19.5. The van der Waals surface area contributed by atoms with Crippen LogP contribution in [0.4, 0.5) is 17.1 Å². The van der Waals surface area contributed by atoms with Gasteiger partial charge in [-0.2, -0.15) is 0 Å². The average molecular weight is 727 g/mol. The Morgan fingerprint density at radius 1 is 0.368 bits per heavy atom. The highest BCUT2D eigenvalue weighted by atomic mass is 16.3. The van der Waals surface area contributed by atoms with Gasteiger partial charge in [-0.25, -0.2) is 0 Å². The molecule has 0 N–H and O–H groups in total. The van der Waals surface area contributed by atoms with Crippen LogP contribution in [-0.2, 0) is 0 Å². The van der Waals surface area contributed by atoms with E-state index in [1.165, 1.54) is 59.7 Å². The second-order valence-electron chi connectivity index (χ2n) is 14.9. The van der Waals surface area contributed by atoms with Gasteiger partial charge in [-0.1, -0.05) is 146 Å². The van der Waals surface area contributed by atoms with Crippen molar-refractivity contribution in [2.75, 3.05) is 4.90 Å². The van der Waals surface area contributed by atoms with Crippen molar-refractivity contribution in [1.82, 2.24) is 4.57 Å². The average Bonchev–Trinajstić information content (AvgIpc) is 3.83. The molecule has 2 heterocycles. The quantitative estimate of drug-likeness (QED) is 0.165. The van der Waals surface area contributed by atoms with Crippen molar-refractivity contribution in [3.8, 4) is 16.8 Å². The van der Waals surface area contributed by atoms with Crippen molar-refractivity contribution in [1.29, 1.82) is 0 Å². The van der Waals surface area contributed by atoms with E-state index in [4.69, 9.17) is 4.42 Å².